The third kappa shape index (κ3) is 2.71. The molecule has 0 bridgehead atoms. The second-order valence-corrected chi connectivity index (χ2v) is 9.38. The Kier molecular flexibility index (Phi) is 4.14. The Morgan fingerprint density at radius 1 is 1.43 bits per heavy atom. The van der Waals surface area contributed by atoms with Crippen LogP contribution in [-0.4, -0.2) is 31.0 Å². The summed E-state index contributed by atoms with van der Waals surface area (Å²) in [6.45, 7) is 7.61. The number of hydrogen-bond acceptors (Lipinski definition) is 4. The molecule has 1 unspecified atom stereocenters. The van der Waals surface area contributed by atoms with E-state index >= 15 is 0 Å². The molecule has 6 heteroatoms. The number of aromatic carboxylic acids is 1. The lowest BCUT2D eigenvalue weighted by molar-refractivity contribution is 0.0695. The second kappa shape index (κ2) is 5.32. The van der Waals surface area contributed by atoms with E-state index in [2.05, 4.69) is 0 Å². The van der Waals surface area contributed by atoms with Gasteiger partial charge in [-0.15, -0.1) is 0 Å². The predicted octanol–water partition coefficient (Wildman–Crippen LogP) is 3.30. The standard InChI is InChI=1S/C15H20O4S2/c1-5-20-13-12-9(2)10(14(16)17)6-7-11(12)21(18,19)8-15(13,3)4/h6-7,13H,5,8H2,1-4H3,(H,16,17). The molecule has 21 heavy (non-hydrogen) atoms. The molecule has 0 amide bonds. The van der Waals surface area contributed by atoms with Gasteiger partial charge in [0.1, 0.15) is 0 Å². The van der Waals surface area contributed by atoms with Crippen LogP contribution in [0.15, 0.2) is 17.0 Å². The smallest absolute Gasteiger partial charge is 0.335 e. The lowest BCUT2D eigenvalue weighted by atomic mass is 9.84. The number of benzene rings is 1. The molecular formula is C15H20O4S2. The minimum atomic E-state index is -3.37. The Labute approximate surface area is 129 Å². The largest absolute Gasteiger partial charge is 0.478 e. The first-order chi connectivity index (χ1) is 9.62. The van der Waals surface area contributed by atoms with Gasteiger partial charge in [0.15, 0.2) is 9.84 Å². The molecule has 0 aliphatic carbocycles. The minimum absolute atomic E-state index is 0.0136. The zero-order valence-electron chi connectivity index (χ0n) is 12.6. The van der Waals surface area contributed by atoms with Crippen molar-refractivity contribution < 1.29 is 18.3 Å². The van der Waals surface area contributed by atoms with Gasteiger partial charge in [0.2, 0.25) is 0 Å². The van der Waals surface area contributed by atoms with Gasteiger partial charge >= 0.3 is 5.97 Å². The van der Waals surface area contributed by atoms with Gasteiger partial charge < -0.3 is 5.11 Å². The number of rotatable bonds is 3. The molecule has 2 rings (SSSR count). The summed E-state index contributed by atoms with van der Waals surface area (Å²) in [6, 6.07) is 2.86. The van der Waals surface area contributed by atoms with Gasteiger partial charge in [-0.3, -0.25) is 0 Å². The maximum absolute atomic E-state index is 12.5. The molecule has 0 aromatic heterocycles. The number of fused-ring (bicyclic) bond motifs is 1. The van der Waals surface area contributed by atoms with Crippen LogP contribution in [0.4, 0.5) is 0 Å². The van der Waals surface area contributed by atoms with Gasteiger partial charge in [-0.1, -0.05) is 20.8 Å². The normalized spacial score (nSPS) is 22.6. The van der Waals surface area contributed by atoms with Crippen LogP contribution >= 0.6 is 11.8 Å². The lowest BCUT2D eigenvalue weighted by Crippen LogP contribution is -2.36. The number of carboxylic acid groups (broad SMARTS) is 1. The molecule has 1 aromatic carbocycles. The Bertz CT molecular complexity index is 690. The van der Waals surface area contributed by atoms with Gasteiger partial charge in [-0.2, -0.15) is 11.8 Å². The second-order valence-electron chi connectivity index (χ2n) is 6.04. The first kappa shape index (κ1) is 16.4. The highest BCUT2D eigenvalue weighted by Crippen LogP contribution is 2.52. The van der Waals surface area contributed by atoms with Crippen molar-refractivity contribution in [2.24, 2.45) is 5.41 Å². The molecule has 1 aliphatic rings. The molecule has 1 aliphatic heterocycles. The van der Waals surface area contributed by atoms with Crippen LogP contribution in [0, 0.1) is 12.3 Å². The molecule has 1 N–H and O–H groups in total. The van der Waals surface area contributed by atoms with E-state index in [9.17, 15) is 18.3 Å². The van der Waals surface area contributed by atoms with E-state index in [0.717, 1.165) is 5.75 Å². The molecule has 1 heterocycles. The molecule has 0 saturated heterocycles. The summed E-state index contributed by atoms with van der Waals surface area (Å²) in [6.07, 6.45) is 0. The van der Waals surface area contributed by atoms with Crippen LogP contribution in [0.1, 0.15) is 47.5 Å². The summed E-state index contributed by atoms with van der Waals surface area (Å²) in [4.78, 5) is 11.6. The summed E-state index contributed by atoms with van der Waals surface area (Å²) in [5.41, 5.74) is 1.01. The molecule has 1 aromatic rings. The fraction of sp³-hybridized carbons (Fsp3) is 0.533. The Morgan fingerprint density at radius 2 is 2.05 bits per heavy atom. The molecule has 116 valence electrons. The Hall–Kier alpha value is -1.01. The van der Waals surface area contributed by atoms with E-state index < -0.39 is 21.2 Å². The minimum Gasteiger partial charge on any atom is -0.478 e. The highest BCUT2D eigenvalue weighted by Gasteiger charge is 2.44. The maximum Gasteiger partial charge on any atom is 0.335 e. The number of carboxylic acids is 1. The molecular weight excluding hydrogens is 308 g/mol. The van der Waals surface area contributed by atoms with Crippen LogP contribution in [0.2, 0.25) is 0 Å². The third-order valence-corrected chi connectivity index (χ3v) is 7.60. The first-order valence-corrected chi connectivity index (χ1v) is 9.53. The Morgan fingerprint density at radius 3 is 2.57 bits per heavy atom. The third-order valence-electron chi connectivity index (χ3n) is 3.91. The zero-order valence-corrected chi connectivity index (χ0v) is 14.3. The zero-order chi connectivity index (χ0) is 16.0. The van der Waals surface area contributed by atoms with E-state index in [0.29, 0.717) is 16.0 Å². The summed E-state index contributed by atoms with van der Waals surface area (Å²) in [7, 11) is -3.37. The summed E-state index contributed by atoms with van der Waals surface area (Å²) < 4.78 is 25.0. The van der Waals surface area contributed by atoms with Gasteiger partial charge in [0.25, 0.3) is 0 Å². The van der Waals surface area contributed by atoms with Gasteiger partial charge in [-0.25, -0.2) is 13.2 Å². The van der Waals surface area contributed by atoms with Crippen molar-refractivity contribution in [1.82, 2.24) is 0 Å². The number of sulfone groups is 1. The highest BCUT2D eigenvalue weighted by molar-refractivity contribution is 7.99. The van der Waals surface area contributed by atoms with E-state index in [1.807, 2.05) is 20.8 Å². The number of hydrogen-bond donors (Lipinski definition) is 1. The van der Waals surface area contributed by atoms with Gasteiger partial charge in [0, 0.05) is 5.25 Å². The topological polar surface area (TPSA) is 71.4 Å². The first-order valence-electron chi connectivity index (χ1n) is 6.83. The van der Waals surface area contributed by atoms with Crippen molar-refractivity contribution in [2.75, 3.05) is 11.5 Å². The average Bonchev–Trinajstić information content (AvgIpc) is 2.32. The maximum atomic E-state index is 12.5. The van der Waals surface area contributed by atoms with Crippen LogP contribution in [0.25, 0.3) is 0 Å². The van der Waals surface area contributed by atoms with Crippen LogP contribution in [0.5, 0.6) is 0 Å². The SMILES string of the molecule is CCSC1c2c(ccc(C(=O)O)c2C)S(=O)(=O)CC1(C)C. The van der Waals surface area contributed by atoms with Crippen LogP contribution < -0.4 is 0 Å². The van der Waals surface area contributed by atoms with E-state index in [1.165, 1.54) is 12.1 Å². The van der Waals surface area contributed by atoms with E-state index in [4.69, 9.17) is 0 Å². The van der Waals surface area contributed by atoms with Crippen molar-refractivity contribution in [3.63, 3.8) is 0 Å². The van der Waals surface area contributed by atoms with Crippen LogP contribution in [0.3, 0.4) is 0 Å². The van der Waals surface area contributed by atoms with Crippen molar-refractivity contribution in [2.45, 2.75) is 37.8 Å². The molecule has 0 radical (unpaired) electrons. The number of thioether (sulfide) groups is 1. The van der Waals surface area contributed by atoms with Crippen molar-refractivity contribution in [1.29, 1.82) is 0 Å². The number of carbonyl (C=O) groups is 1. The average molecular weight is 328 g/mol. The molecule has 0 spiro atoms. The summed E-state index contributed by atoms with van der Waals surface area (Å²) in [5.74, 6) is -0.0720. The molecule has 0 saturated carbocycles. The van der Waals surface area contributed by atoms with Crippen molar-refractivity contribution >= 4 is 27.6 Å². The fourth-order valence-electron chi connectivity index (χ4n) is 3.04. The quantitative estimate of drug-likeness (QED) is 0.922. The molecule has 4 nitrogen and oxygen atoms in total. The van der Waals surface area contributed by atoms with Gasteiger partial charge in [0.05, 0.1) is 16.2 Å². The monoisotopic (exact) mass is 328 g/mol. The van der Waals surface area contributed by atoms with Gasteiger partial charge in [-0.05, 0) is 41.4 Å². The van der Waals surface area contributed by atoms with E-state index in [1.54, 1.807) is 18.7 Å². The predicted molar refractivity (Wildman–Crippen MR) is 84.8 cm³/mol. The van der Waals surface area contributed by atoms with Crippen molar-refractivity contribution in [3.8, 4) is 0 Å². The van der Waals surface area contributed by atoms with Crippen LogP contribution in [-0.2, 0) is 9.84 Å². The Balaban J connectivity index is 2.81. The van der Waals surface area contributed by atoms with Crippen molar-refractivity contribution in [3.05, 3.63) is 28.8 Å². The van der Waals surface area contributed by atoms with E-state index in [-0.39, 0.29) is 16.6 Å². The molecule has 0 fully saturated rings. The summed E-state index contributed by atoms with van der Waals surface area (Å²) >= 11 is 1.68. The lowest BCUT2D eigenvalue weighted by Gasteiger charge is -2.40. The summed E-state index contributed by atoms with van der Waals surface area (Å²) in [5, 5.41) is 9.27. The fourth-order valence-corrected chi connectivity index (χ4v) is 6.74. The highest BCUT2D eigenvalue weighted by atomic mass is 32.2. The molecule has 1 atom stereocenters.